The Hall–Kier alpha value is -1.15. The number of hydrogen-bond donors (Lipinski definition) is 0. The highest BCUT2D eigenvalue weighted by atomic mass is 16.1. The first kappa shape index (κ1) is 10.7. The van der Waals surface area contributed by atoms with Gasteiger partial charge in [0.25, 0.3) is 0 Å². The van der Waals surface area contributed by atoms with Crippen LogP contribution in [0.3, 0.4) is 0 Å². The molecule has 3 aliphatic rings. The molecule has 1 aromatic rings. The van der Waals surface area contributed by atoms with Crippen molar-refractivity contribution in [3.05, 3.63) is 35.4 Å². The summed E-state index contributed by atoms with van der Waals surface area (Å²) in [5, 5.41) is 0. The molecule has 0 saturated carbocycles. The number of carbonyl (C=O) groups excluding carboxylic acids is 1. The molecule has 4 unspecified atom stereocenters. The lowest BCUT2D eigenvalue weighted by Crippen LogP contribution is -2.51. The van der Waals surface area contributed by atoms with E-state index in [-0.39, 0.29) is 5.92 Å². The minimum absolute atomic E-state index is 0.267. The van der Waals surface area contributed by atoms with Crippen molar-refractivity contribution in [1.29, 1.82) is 0 Å². The van der Waals surface area contributed by atoms with Crippen molar-refractivity contribution in [2.24, 2.45) is 11.8 Å². The van der Waals surface area contributed by atoms with E-state index in [0.29, 0.717) is 17.7 Å². The van der Waals surface area contributed by atoms with Gasteiger partial charge in [-0.15, -0.1) is 0 Å². The van der Waals surface area contributed by atoms with Crippen LogP contribution in [0.5, 0.6) is 0 Å². The number of Topliss-reactive ketones (excluding diaryl/α,β-unsaturated/α-hetero) is 1. The summed E-state index contributed by atoms with van der Waals surface area (Å²) in [5.41, 5.74) is 2.28. The highest BCUT2D eigenvalue weighted by Gasteiger charge is 2.50. The third-order valence-electron chi connectivity index (χ3n) is 5.46. The third kappa shape index (κ3) is 1.30. The molecule has 2 nitrogen and oxygen atoms in total. The summed E-state index contributed by atoms with van der Waals surface area (Å²) in [4.78, 5) is 15.2. The summed E-state index contributed by atoms with van der Waals surface area (Å²) in [6.45, 7) is 0. The summed E-state index contributed by atoms with van der Waals surface area (Å²) in [6, 6.07) is 9.47. The second kappa shape index (κ2) is 3.67. The lowest BCUT2D eigenvalue weighted by molar-refractivity contribution is 0.0467. The van der Waals surface area contributed by atoms with E-state index in [1.807, 2.05) is 12.1 Å². The van der Waals surface area contributed by atoms with Gasteiger partial charge >= 0.3 is 0 Å². The van der Waals surface area contributed by atoms with Gasteiger partial charge in [-0.3, -0.25) is 9.69 Å². The molecule has 4 rings (SSSR count). The smallest absolute Gasteiger partial charge is 0.168 e. The zero-order valence-electron chi connectivity index (χ0n) is 10.8. The number of hydrogen-bond acceptors (Lipinski definition) is 2. The van der Waals surface area contributed by atoms with Gasteiger partial charge in [-0.2, -0.15) is 0 Å². The Morgan fingerprint density at radius 2 is 2.06 bits per heavy atom. The summed E-state index contributed by atoms with van der Waals surface area (Å²) in [7, 11) is 2.21. The van der Waals surface area contributed by atoms with E-state index in [0.717, 1.165) is 18.0 Å². The van der Waals surface area contributed by atoms with Crippen LogP contribution in [0.4, 0.5) is 0 Å². The Bertz CT molecular complexity index is 510. The van der Waals surface area contributed by atoms with Crippen LogP contribution in [0.25, 0.3) is 0 Å². The Labute approximate surface area is 108 Å². The van der Waals surface area contributed by atoms with Gasteiger partial charge in [-0.25, -0.2) is 0 Å². The Balaban J connectivity index is 1.79. The molecule has 2 heterocycles. The molecular formula is C16H19NO. The number of piperidine rings is 1. The highest BCUT2D eigenvalue weighted by Crippen LogP contribution is 2.46. The molecule has 18 heavy (non-hydrogen) atoms. The van der Waals surface area contributed by atoms with Crippen molar-refractivity contribution in [3.63, 3.8) is 0 Å². The summed E-state index contributed by atoms with van der Waals surface area (Å²) < 4.78 is 0. The van der Waals surface area contributed by atoms with Crippen molar-refractivity contribution in [1.82, 2.24) is 4.90 Å². The molecule has 0 aromatic heterocycles. The predicted octanol–water partition coefficient (Wildman–Crippen LogP) is 2.52. The van der Waals surface area contributed by atoms with Crippen LogP contribution >= 0.6 is 0 Å². The van der Waals surface area contributed by atoms with E-state index in [1.165, 1.54) is 24.8 Å². The quantitative estimate of drug-likeness (QED) is 0.695. The van der Waals surface area contributed by atoms with E-state index in [9.17, 15) is 4.79 Å². The van der Waals surface area contributed by atoms with Crippen LogP contribution in [-0.4, -0.2) is 29.8 Å². The molecule has 0 radical (unpaired) electrons. The average molecular weight is 241 g/mol. The van der Waals surface area contributed by atoms with Crippen LogP contribution in [-0.2, 0) is 6.42 Å². The number of fused-ring (bicyclic) bond motifs is 5. The largest absolute Gasteiger partial charge is 0.300 e. The molecular weight excluding hydrogens is 222 g/mol. The fourth-order valence-electron chi connectivity index (χ4n) is 4.57. The Morgan fingerprint density at radius 3 is 2.94 bits per heavy atom. The van der Waals surface area contributed by atoms with E-state index >= 15 is 0 Å². The monoisotopic (exact) mass is 241 g/mol. The fourth-order valence-corrected chi connectivity index (χ4v) is 4.57. The molecule has 2 saturated heterocycles. The van der Waals surface area contributed by atoms with Crippen molar-refractivity contribution >= 4 is 5.78 Å². The SMILES string of the molecule is CN1C2CCC1C1C(=O)c3ccccc3CC1C2. The van der Waals surface area contributed by atoms with Crippen LogP contribution < -0.4 is 0 Å². The molecule has 0 spiro atoms. The summed E-state index contributed by atoms with van der Waals surface area (Å²) in [6.07, 6.45) is 4.85. The first-order valence-corrected chi connectivity index (χ1v) is 7.10. The van der Waals surface area contributed by atoms with Gasteiger partial charge in [0.15, 0.2) is 5.78 Å². The Morgan fingerprint density at radius 1 is 1.22 bits per heavy atom. The van der Waals surface area contributed by atoms with Crippen LogP contribution in [0, 0.1) is 11.8 Å². The van der Waals surface area contributed by atoms with Gasteiger partial charge in [0.05, 0.1) is 0 Å². The predicted molar refractivity (Wildman–Crippen MR) is 70.6 cm³/mol. The molecule has 0 N–H and O–H groups in total. The van der Waals surface area contributed by atoms with Crippen molar-refractivity contribution < 1.29 is 4.79 Å². The van der Waals surface area contributed by atoms with Crippen molar-refractivity contribution in [2.75, 3.05) is 7.05 Å². The average Bonchev–Trinajstić information content (AvgIpc) is 2.62. The third-order valence-corrected chi connectivity index (χ3v) is 5.46. The van der Waals surface area contributed by atoms with Gasteiger partial charge in [-0.05, 0) is 44.2 Å². The first-order chi connectivity index (χ1) is 8.75. The van der Waals surface area contributed by atoms with E-state index in [4.69, 9.17) is 0 Å². The zero-order valence-corrected chi connectivity index (χ0v) is 10.8. The molecule has 2 bridgehead atoms. The van der Waals surface area contributed by atoms with Crippen molar-refractivity contribution in [2.45, 2.75) is 37.8 Å². The van der Waals surface area contributed by atoms with E-state index < -0.39 is 0 Å². The second-order valence-corrected chi connectivity index (χ2v) is 6.21. The van der Waals surface area contributed by atoms with Gasteiger partial charge < -0.3 is 0 Å². The fraction of sp³-hybridized carbons (Fsp3) is 0.562. The maximum atomic E-state index is 12.8. The normalized spacial score (nSPS) is 38.4. The molecule has 1 aromatic carbocycles. The number of benzene rings is 1. The van der Waals surface area contributed by atoms with Gasteiger partial charge in [0.1, 0.15) is 0 Å². The topological polar surface area (TPSA) is 20.3 Å². The molecule has 2 aliphatic heterocycles. The number of ketones is 1. The molecule has 4 atom stereocenters. The van der Waals surface area contributed by atoms with Gasteiger partial charge in [0.2, 0.25) is 0 Å². The van der Waals surface area contributed by atoms with Gasteiger partial charge in [-0.1, -0.05) is 24.3 Å². The molecule has 1 aliphatic carbocycles. The first-order valence-electron chi connectivity index (χ1n) is 7.10. The molecule has 0 amide bonds. The van der Waals surface area contributed by atoms with Crippen LogP contribution in [0.2, 0.25) is 0 Å². The van der Waals surface area contributed by atoms with Crippen LogP contribution in [0.1, 0.15) is 35.2 Å². The lowest BCUT2D eigenvalue weighted by Gasteiger charge is -2.44. The van der Waals surface area contributed by atoms with Crippen molar-refractivity contribution in [3.8, 4) is 0 Å². The lowest BCUT2D eigenvalue weighted by atomic mass is 9.68. The zero-order chi connectivity index (χ0) is 12.3. The minimum Gasteiger partial charge on any atom is -0.300 e. The second-order valence-electron chi connectivity index (χ2n) is 6.21. The molecule has 94 valence electrons. The highest BCUT2D eigenvalue weighted by molar-refractivity contribution is 6.01. The summed E-state index contributed by atoms with van der Waals surface area (Å²) in [5.74, 6) is 1.28. The Kier molecular flexibility index (Phi) is 2.19. The minimum atomic E-state index is 0.267. The van der Waals surface area contributed by atoms with E-state index in [2.05, 4.69) is 24.1 Å². The standard InChI is InChI=1S/C16H19NO/c1-17-12-6-7-14(17)15-11(9-12)8-10-4-2-3-5-13(10)16(15)18/h2-5,11-12,14-15H,6-9H2,1H3. The number of carbonyl (C=O) groups is 1. The van der Waals surface area contributed by atoms with Gasteiger partial charge in [0, 0.05) is 23.6 Å². The maximum absolute atomic E-state index is 12.8. The van der Waals surface area contributed by atoms with Crippen LogP contribution in [0.15, 0.2) is 24.3 Å². The number of nitrogens with zero attached hydrogens (tertiary/aromatic N) is 1. The maximum Gasteiger partial charge on any atom is 0.168 e. The number of rotatable bonds is 0. The molecule has 2 heteroatoms. The molecule has 2 fully saturated rings. The summed E-state index contributed by atoms with van der Waals surface area (Å²) >= 11 is 0. The van der Waals surface area contributed by atoms with E-state index in [1.54, 1.807) is 0 Å².